The highest BCUT2D eigenvalue weighted by Gasteiger charge is 2.15. The summed E-state index contributed by atoms with van der Waals surface area (Å²) in [6.45, 7) is 6.97. The molecule has 0 aliphatic heterocycles. The van der Waals surface area contributed by atoms with E-state index in [1.54, 1.807) is 12.1 Å². The Labute approximate surface area is 132 Å². The molecule has 0 heterocycles. The molecule has 0 atom stereocenters. The van der Waals surface area contributed by atoms with E-state index in [-0.39, 0.29) is 24.7 Å². The van der Waals surface area contributed by atoms with Gasteiger partial charge in [0.05, 0.1) is 24.7 Å². The van der Waals surface area contributed by atoms with E-state index >= 15 is 0 Å². The van der Waals surface area contributed by atoms with E-state index in [0.717, 1.165) is 5.56 Å². The van der Waals surface area contributed by atoms with Crippen molar-refractivity contribution in [3.63, 3.8) is 0 Å². The molecule has 0 aliphatic carbocycles. The van der Waals surface area contributed by atoms with Gasteiger partial charge in [-0.2, -0.15) is 8.42 Å². The van der Waals surface area contributed by atoms with Crippen LogP contribution in [0.25, 0.3) is 0 Å². The molecule has 0 amide bonds. The zero-order valence-corrected chi connectivity index (χ0v) is 14.1. The molecule has 126 valence electrons. The van der Waals surface area contributed by atoms with Gasteiger partial charge in [0.1, 0.15) is 0 Å². The summed E-state index contributed by atoms with van der Waals surface area (Å²) >= 11 is 0. The second kappa shape index (κ2) is 9.91. The highest BCUT2D eigenvalue weighted by Crippen LogP contribution is 2.12. The molecule has 0 bridgehead atoms. The predicted octanol–water partition coefficient (Wildman–Crippen LogP) is 2.12. The summed E-state index contributed by atoms with van der Waals surface area (Å²) in [4.78, 5) is 0.139. The molecule has 0 aliphatic rings. The largest absolute Gasteiger partial charge is 0.374 e. The average Bonchev–Trinajstić information content (AvgIpc) is 2.47. The van der Waals surface area contributed by atoms with Crippen LogP contribution in [0.5, 0.6) is 0 Å². The van der Waals surface area contributed by atoms with E-state index in [1.165, 1.54) is 12.1 Å². The van der Waals surface area contributed by atoms with Crippen molar-refractivity contribution >= 4 is 10.1 Å². The predicted molar refractivity (Wildman–Crippen MR) is 82.2 cm³/mol. The fraction of sp³-hybridized carbons (Fsp3) is 0.600. The molecular weight excluding hydrogens is 308 g/mol. The van der Waals surface area contributed by atoms with Crippen LogP contribution in [0, 0.1) is 6.92 Å². The number of benzene rings is 1. The standard InChI is InChI=1S/C15H24O6S/c1-4-19-15(20-5-2)12-18-10-11-21-22(16,17)14-8-6-13(3)7-9-14/h6-9,15H,4-5,10-12H2,1-3H3. The highest BCUT2D eigenvalue weighted by molar-refractivity contribution is 7.86. The number of hydrogen-bond donors (Lipinski definition) is 0. The van der Waals surface area contributed by atoms with Crippen LogP contribution < -0.4 is 0 Å². The third-order valence-corrected chi connectivity index (χ3v) is 4.06. The highest BCUT2D eigenvalue weighted by atomic mass is 32.2. The van der Waals surface area contributed by atoms with Crippen LogP contribution in [-0.4, -0.2) is 47.7 Å². The molecule has 0 saturated carbocycles. The summed E-state index contributed by atoms with van der Waals surface area (Å²) < 4.78 is 44.7. The van der Waals surface area contributed by atoms with Crippen molar-refractivity contribution in [2.45, 2.75) is 32.0 Å². The van der Waals surface area contributed by atoms with Gasteiger partial charge in [0, 0.05) is 13.2 Å². The van der Waals surface area contributed by atoms with Gasteiger partial charge in [0.25, 0.3) is 10.1 Å². The quantitative estimate of drug-likeness (QED) is 0.351. The van der Waals surface area contributed by atoms with Crippen LogP contribution in [-0.2, 0) is 28.5 Å². The minimum absolute atomic E-state index is 0.0544. The Balaban J connectivity index is 2.32. The first-order chi connectivity index (χ1) is 10.5. The first-order valence-electron chi connectivity index (χ1n) is 7.26. The van der Waals surface area contributed by atoms with Crippen LogP contribution in [0.2, 0.25) is 0 Å². The van der Waals surface area contributed by atoms with Crippen LogP contribution in [0.15, 0.2) is 29.2 Å². The lowest BCUT2D eigenvalue weighted by molar-refractivity contribution is -0.168. The smallest absolute Gasteiger partial charge is 0.297 e. The van der Waals surface area contributed by atoms with Gasteiger partial charge in [-0.3, -0.25) is 4.18 Å². The second-order valence-electron chi connectivity index (χ2n) is 4.50. The molecule has 22 heavy (non-hydrogen) atoms. The summed E-state index contributed by atoms with van der Waals surface area (Å²) in [5, 5.41) is 0. The van der Waals surface area contributed by atoms with E-state index in [2.05, 4.69) is 0 Å². The van der Waals surface area contributed by atoms with Gasteiger partial charge in [0.2, 0.25) is 0 Å². The van der Waals surface area contributed by atoms with Gasteiger partial charge in [-0.25, -0.2) is 0 Å². The maximum absolute atomic E-state index is 11.9. The summed E-state index contributed by atoms with van der Waals surface area (Å²) in [7, 11) is -3.74. The minimum Gasteiger partial charge on any atom is -0.374 e. The monoisotopic (exact) mass is 332 g/mol. The van der Waals surface area contributed by atoms with E-state index in [0.29, 0.717) is 13.2 Å². The fourth-order valence-corrected chi connectivity index (χ4v) is 2.56. The molecule has 1 rings (SSSR count). The third kappa shape index (κ3) is 6.85. The van der Waals surface area contributed by atoms with E-state index in [9.17, 15) is 8.42 Å². The molecule has 0 spiro atoms. The second-order valence-corrected chi connectivity index (χ2v) is 6.12. The van der Waals surface area contributed by atoms with Crippen molar-refractivity contribution in [1.29, 1.82) is 0 Å². The van der Waals surface area contributed by atoms with Crippen molar-refractivity contribution in [2.24, 2.45) is 0 Å². The molecule has 1 aromatic carbocycles. The van der Waals surface area contributed by atoms with Crippen molar-refractivity contribution in [2.75, 3.05) is 33.0 Å². The first-order valence-corrected chi connectivity index (χ1v) is 8.67. The molecule has 0 N–H and O–H groups in total. The molecule has 6 nitrogen and oxygen atoms in total. The van der Waals surface area contributed by atoms with Crippen molar-refractivity contribution in [1.82, 2.24) is 0 Å². The SMILES string of the molecule is CCOC(COCCOS(=O)(=O)c1ccc(C)cc1)OCC. The Morgan fingerprint density at radius 1 is 1.00 bits per heavy atom. The van der Waals surface area contributed by atoms with Gasteiger partial charge < -0.3 is 14.2 Å². The summed E-state index contributed by atoms with van der Waals surface area (Å²) in [6, 6.07) is 6.49. The van der Waals surface area contributed by atoms with E-state index < -0.39 is 16.4 Å². The lowest BCUT2D eigenvalue weighted by Crippen LogP contribution is -2.24. The molecule has 0 aromatic heterocycles. The fourth-order valence-electron chi connectivity index (χ4n) is 1.67. The van der Waals surface area contributed by atoms with Gasteiger partial charge in [-0.1, -0.05) is 17.7 Å². The Morgan fingerprint density at radius 3 is 2.14 bits per heavy atom. The van der Waals surface area contributed by atoms with Crippen molar-refractivity contribution in [3.8, 4) is 0 Å². The van der Waals surface area contributed by atoms with Gasteiger partial charge in [-0.15, -0.1) is 0 Å². The van der Waals surface area contributed by atoms with Crippen LogP contribution >= 0.6 is 0 Å². The number of rotatable bonds is 11. The minimum atomic E-state index is -3.74. The van der Waals surface area contributed by atoms with Crippen molar-refractivity contribution in [3.05, 3.63) is 29.8 Å². The van der Waals surface area contributed by atoms with Gasteiger partial charge in [-0.05, 0) is 32.9 Å². The zero-order chi connectivity index (χ0) is 16.4. The molecule has 0 unspecified atom stereocenters. The Bertz CT molecular complexity index is 505. The number of aryl methyl sites for hydroxylation is 1. The number of hydrogen-bond acceptors (Lipinski definition) is 6. The first kappa shape index (κ1) is 19.1. The Hall–Kier alpha value is -0.990. The van der Waals surface area contributed by atoms with Crippen LogP contribution in [0.1, 0.15) is 19.4 Å². The van der Waals surface area contributed by atoms with Crippen LogP contribution in [0.4, 0.5) is 0 Å². The number of ether oxygens (including phenoxy) is 3. The molecular formula is C15H24O6S. The topological polar surface area (TPSA) is 71.1 Å². The molecule has 0 fully saturated rings. The summed E-state index contributed by atoms with van der Waals surface area (Å²) in [5.41, 5.74) is 0.986. The molecule has 1 aromatic rings. The van der Waals surface area contributed by atoms with E-state index in [4.69, 9.17) is 18.4 Å². The summed E-state index contributed by atoms with van der Waals surface area (Å²) in [6.07, 6.45) is -0.441. The Morgan fingerprint density at radius 2 is 1.59 bits per heavy atom. The van der Waals surface area contributed by atoms with Gasteiger partial charge in [0.15, 0.2) is 6.29 Å². The summed E-state index contributed by atoms with van der Waals surface area (Å²) in [5.74, 6) is 0. The third-order valence-electron chi connectivity index (χ3n) is 2.73. The molecule has 7 heteroatoms. The lowest BCUT2D eigenvalue weighted by Gasteiger charge is -2.16. The molecule has 0 radical (unpaired) electrons. The normalized spacial score (nSPS) is 12.0. The average molecular weight is 332 g/mol. The van der Waals surface area contributed by atoms with Crippen LogP contribution in [0.3, 0.4) is 0 Å². The maximum Gasteiger partial charge on any atom is 0.297 e. The zero-order valence-electron chi connectivity index (χ0n) is 13.3. The maximum atomic E-state index is 11.9. The lowest BCUT2D eigenvalue weighted by atomic mass is 10.2. The van der Waals surface area contributed by atoms with Crippen molar-refractivity contribution < 1.29 is 26.8 Å². The van der Waals surface area contributed by atoms with Gasteiger partial charge >= 0.3 is 0 Å². The van der Waals surface area contributed by atoms with E-state index in [1.807, 2.05) is 20.8 Å². The molecule has 0 saturated heterocycles. The Kier molecular flexibility index (Phi) is 8.59.